The summed E-state index contributed by atoms with van der Waals surface area (Å²) in [6, 6.07) is 0. The summed E-state index contributed by atoms with van der Waals surface area (Å²) in [5.41, 5.74) is -24.6. The summed E-state index contributed by atoms with van der Waals surface area (Å²) in [6.45, 7) is 0. The lowest BCUT2D eigenvalue weighted by molar-refractivity contribution is -0.544. The Morgan fingerprint density at radius 2 is 0.370 bits per heavy atom. The highest BCUT2D eigenvalue weighted by Gasteiger charge is 2.89. The van der Waals surface area contributed by atoms with Gasteiger partial charge in [0.2, 0.25) is 0 Å². The van der Waals surface area contributed by atoms with Crippen molar-refractivity contribution in [3.8, 4) is 0 Å². The van der Waals surface area contributed by atoms with Crippen LogP contribution < -0.4 is 0 Å². The Hall–Kier alpha value is -2.07. The van der Waals surface area contributed by atoms with Crippen molar-refractivity contribution in [2.24, 2.45) is 0 Å². The van der Waals surface area contributed by atoms with Gasteiger partial charge in [0.25, 0.3) is 0 Å². The Labute approximate surface area is 229 Å². The molecule has 0 aromatic carbocycles. The largest absolute Gasteiger partial charge is 0.726 e. The number of hydrogen-bond acceptors (Lipinski definition) is 6. The molecule has 276 valence electrons. The number of alkyl halides is 27. The molecule has 6 nitrogen and oxygen atoms in total. The molecular weight excluding hydrogens is 764 g/mol. The first kappa shape index (κ1) is 43.9. The number of rotatable bonds is 12. The standard InChI is InChI=1S/C12BF27O6/c14-1(4(17,18)19,5(20,21)22)10(35,36)41-44-13(45-42-11(37,38)2(15,6(23,24)25)7(26,27)28)46-43-12(39,40)3(16,8(29,30)31)9(32,33)34. The summed E-state index contributed by atoms with van der Waals surface area (Å²) in [5, 5.41) is 0. The van der Waals surface area contributed by atoms with Crippen LogP contribution in [0, 0.1) is 0 Å². The van der Waals surface area contributed by atoms with Crippen LogP contribution in [0.4, 0.5) is 119 Å². The van der Waals surface area contributed by atoms with Gasteiger partial charge in [-0.05, 0) is 0 Å². The average molecular weight is 764 g/mol. The van der Waals surface area contributed by atoms with Crippen LogP contribution in [0.15, 0.2) is 0 Å². The minimum Gasteiger partial charge on any atom is -0.223 e. The quantitative estimate of drug-likeness (QED) is 0.0868. The predicted molar refractivity (Wildman–Crippen MR) is 75.0 cm³/mol. The normalized spacial score (nSPS) is 16.2. The molecule has 0 spiro atoms. The van der Waals surface area contributed by atoms with Crippen molar-refractivity contribution in [2.45, 2.75) is 72.4 Å². The fraction of sp³-hybridized carbons (Fsp3) is 1.00. The molecule has 0 fully saturated rings. The molecule has 0 saturated carbocycles. The smallest absolute Gasteiger partial charge is 0.223 e. The Morgan fingerprint density at radius 3 is 0.478 bits per heavy atom. The average Bonchev–Trinajstić information content (AvgIpc) is 2.77. The summed E-state index contributed by atoms with van der Waals surface area (Å²) in [4.78, 5) is 11.2. The van der Waals surface area contributed by atoms with Crippen LogP contribution in [0.2, 0.25) is 0 Å². The van der Waals surface area contributed by atoms with Gasteiger partial charge in [-0.15, -0.1) is 0 Å². The summed E-state index contributed by atoms with van der Waals surface area (Å²) in [7, 11) is -5.58. The fourth-order valence-electron chi connectivity index (χ4n) is 1.99. The van der Waals surface area contributed by atoms with Crippen molar-refractivity contribution in [1.82, 2.24) is 0 Å². The molecule has 46 heavy (non-hydrogen) atoms. The SMILES string of the molecule is FC(F)(F)C(F)(C(F)(F)F)C(F)(F)OOB(OOC(F)(F)C(F)(C(F)(F)F)C(F)(F)F)OOC(F)(F)C(F)(C(F)(F)F)C(F)(F)F. The summed E-state index contributed by atoms with van der Waals surface area (Å²) in [6.07, 6.45) is -71.8. The van der Waals surface area contributed by atoms with E-state index in [0.717, 1.165) is 0 Å². The van der Waals surface area contributed by atoms with Gasteiger partial charge < -0.3 is 0 Å². The van der Waals surface area contributed by atoms with E-state index in [1.165, 1.54) is 0 Å². The minimum absolute atomic E-state index is 1.66. The molecule has 0 rings (SSSR count). The van der Waals surface area contributed by atoms with Gasteiger partial charge in [0.1, 0.15) is 0 Å². The third-order valence-corrected chi connectivity index (χ3v) is 4.24. The maximum Gasteiger partial charge on any atom is 0.726 e. The van der Waals surface area contributed by atoms with Crippen molar-refractivity contribution in [3.05, 3.63) is 0 Å². The van der Waals surface area contributed by atoms with Crippen LogP contribution in [-0.2, 0) is 29.1 Å². The van der Waals surface area contributed by atoms with E-state index < -0.39 is 79.7 Å². The molecule has 0 aromatic heterocycles. The highest BCUT2D eigenvalue weighted by molar-refractivity contribution is 6.35. The van der Waals surface area contributed by atoms with Crippen molar-refractivity contribution >= 4 is 7.32 Å². The maximum atomic E-state index is 13.4. The minimum atomic E-state index is -8.19. The van der Waals surface area contributed by atoms with E-state index in [0.29, 0.717) is 0 Å². The van der Waals surface area contributed by atoms with Gasteiger partial charge in [-0.2, -0.15) is 120 Å². The lowest BCUT2D eigenvalue weighted by Gasteiger charge is -2.36. The number of hydrogen-bond donors (Lipinski definition) is 0. The van der Waals surface area contributed by atoms with Crippen LogP contribution in [0.3, 0.4) is 0 Å². The molecule has 34 heteroatoms. The molecule has 0 amide bonds. The van der Waals surface area contributed by atoms with Gasteiger partial charge in [0.05, 0.1) is 0 Å². The molecule has 0 aliphatic rings. The van der Waals surface area contributed by atoms with E-state index in [1.54, 1.807) is 14.7 Å². The monoisotopic (exact) mass is 764 g/mol. The van der Waals surface area contributed by atoms with Crippen molar-refractivity contribution in [1.29, 1.82) is 0 Å². The molecule has 0 unspecified atom stereocenters. The van der Waals surface area contributed by atoms with Crippen LogP contribution in [0.1, 0.15) is 0 Å². The highest BCUT2D eigenvalue weighted by Crippen LogP contribution is 2.58. The summed E-state index contributed by atoms with van der Waals surface area (Å²) >= 11 is 0. The van der Waals surface area contributed by atoms with Gasteiger partial charge >= 0.3 is 79.7 Å². The third kappa shape index (κ3) is 7.48. The lowest BCUT2D eigenvalue weighted by atomic mass is 10.0. The van der Waals surface area contributed by atoms with Crippen molar-refractivity contribution in [2.75, 3.05) is 0 Å². The zero-order valence-corrected chi connectivity index (χ0v) is 19.2. The fourth-order valence-corrected chi connectivity index (χ4v) is 1.99. The van der Waals surface area contributed by atoms with Gasteiger partial charge in [-0.3, -0.25) is 0 Å². The Bertz CT molecular complexity index is 849. The van der Waals surface area contributed by atoms with E-state index in [4.69, 9.17) is 0 Å². The predicted octanol–water partition coefficient (Wildman–Crippen LogP) is 8.09. The van der Waals surface area contributed by atoms with Crippen LogP contribution in [-0.4, -0.2) is 79.7 Å². The van der Waals surface area contributed by atoms with Crippen LogP contribution in [0.5, 0.6) is 0 Å². The first-order valence-corrected chi connectivity index (χ1v) is 9.17. The Balaban J connectivity index is 6.86. The topological polar surface area (TPSA) is 55.4 Å². The van der Waals surface area contributed by atoms with Crippen molar-refractivity contribution < 1.29 is 148 Å². The van der Waals surface area contributed by atoms with Gasteiger partial charge in [-0.1, -0.05) is 0 Å². The van der Waals surface area contributed by atoms with E-state index in [1.807, 2.05) is 0 Å². The zero-order chi connectivity index (χ0) is 37.8. The Kier molecular flexibility index (Phi) is 11.6. The molecular formula is C12BF27O6. The molecule has 0 saturated heterocycles. The van der Waals surface area contributed by atoms with Gasteiger partial charge in [-0.25, -0.2) is 27.6 Å². The van der Waals surface area contributed by atoms with E-state index >= 15 is 0 Å². The molecule has 0 aliphatic heterocycles. The maximum absolute atomic E-state index is 13.4. The van der Waals surface area contributed by atoms with Gasteiger partial charge in [0, 0.05) is 0 Å². The molecule has 0 heterocycles. The summed E-state index contributed by atoms with van der Waals surface area (Å²) < 4.78 is 344. The number of halogens is 27. The van der Waals surface area contributed by atoms with E-state index in [-0.39, 0.29) is 0 Å². The molecule has 0 radical (unpaired) electrons. The second kappa shape index (κ2) is 12.1. The van der Waals surface area contributed by atoms with Crippen LogP contribution in [0.25, 0.3) is 0 Å². The lowest BCUT2D eigenvalue weighted by Crippen LogP contribution is -2.66. The first-order chi connectivity index (χ1) is 19.5. The van der Waals surface area contributed by atoms with Gasteiger partial charge in [0.15, 0.2) is 0 Å². The van der Waals surface area contributed by atoms with E-state index in [2.05, 4.69) is 14.4 Å². The van der Waals surface area contributed by atoms with E-state index in [9.17, 15) is 119 Å². The second-order valence-corrected chi connectivity index (χ2v) is 7.34. The molecule has 0 aromatic rings. The highest BCUT2D eigenvalue weighted by atomic mass is 19.5. The second-order valence-electron chi connectivity index (χ2n) is 7.34. The zero-order valence-electron chi connectivity index (χ0n) is 19.2. The molecule has 0 N–H and O–H groups in total. The van der Waals surface area contributed by atoms with Crippen LogP contribution >= 0.6 is 0 Å². The summed E-state index contributed by atoms with van der Waals surface area (Å²) in [5.74, 6) is 0. The third-order valence-electron chi connectivity index (χ3n) is 4.24. The molecule has 0 atom stereocenters. The molecule has 0 aliphatic carbocycles. The Morgan fingerprint density at radius 1 is 0.239 bits per heavy atom. The van der Waals surface area contributed by atoms with Crippen molar-refractivity contribution in [3.63, 3.8) is 0 Å². The first-order valence-electron chi connectivity index (χ1n) is 9.17. The molecule has 0 bridgehead atoms.